The van der Waals surface area contributed by atoms with E-state index in [0.717, 1.165) is 63.9 Å². The molecule has 0 amide bonds. The minimum Gasteiger partial charge on any atom is -0.393 e. The molecule has 0 aromatic carbocycles. The molecule has 0 aromatic heterocycles. The first kappa shape index (κ1) is 54.7. The third-order valence-corrected chi connectivity index (χ3v) is 13.7. The lowest BCUT2D eigenvalue weighted by Gasteiger charge is -2.30. The van der Waals surface area contributed by atoms with Gasteiger partial charge in [-0.15, -0.1) is 0 Å². The number of hydrogen-bond acceptors (Lipinski definition) is 8. The molecule has 10 atom stereocenters. The largest absolute Gasteiger partial charge is 0.393 e. The van der Waals surface area contributed by atoms with Crippen LogP contribution < -0.4 is 0 Å². The summed E-state index contributed by atoms with van der Waals surface area (Å²) in [4.78, 5) is 0. The molecule has 0 bridgehead atoms. The van der Waals surface area contributed by atoms with Crippen molar-refractivity contribution < 1.29 is 39.7 Å². The van der Waals surface area contributed by atoms with E-state index >= 15 is 0 Å². The fourth-order valence-electron chi connectivity index (χ4n) is 9.68. The van der Waals surface area contributed by atoms with E-state index in [1.807, 2.05) is 0 Å². The lowest BCUT2D eigenvalue weighted by molar-refractivity contribution is -0.0572. The highest BCUT2D eigenvalue weighted by atomic mass is 16.5. The Balaban J connectivity index is 0.000000342. The van der Waals surface area contributed by atoms with E-state index in [4.69, 9.17) is 14.2 Å². The summed E-state index contributed by atoms with van der Waals surface area (Å²) in [7, 11) is 0. The van der Waals surface area contributed by atoms with E-state index in [9.17, 15) is 25.5 Å². The van der Waals surface area contributed by atoms with E-state index in [1.54, 1.807) is 0 Å². The summed E-state index contributed by atoms with van der Waals surface area (Å²) >= 11 is 0. The molecule has 10 unspecified atom stereocenters. The van der Waals surface area contributed by atoms with Crippen LogP contribution in [0.2, 0.25) is 0 Å². The van der Waals surface area contributed by atoms with Crippen LogP contribution >= 0.6 is 0 Å². The molecule has 8 heteroatoms. The van der Waals surface area contributed by atoms with Crippen LogP contribution in [-0.4, -0.2) is 95.7 Å². The van der Waals surface area contributed by atoms with Crippen molar-refractivity contribution in [2.75, 3.05) is 39.6 Å². The quantitative estimate of drug-likeness (QED) is 0.172. The number of aliphatic hydroxyl groups excluding tert-OH is 5. The number of hydrogen-bond donors (Lipinski definition) is 5. The molecule has 8 nitrogen and oxygen atoms in total. The van der Waals surface area contributed by atoms with Crippen LogP contribution in [0.15, 0.2) is 0 Å². The van der Waals surface area contributed by atoms with E-state index in [2.05, 4.69) is 83.1 Å². The smallest absolute Gasteiger partial charge is 0.0826 e. The summed E-state index contributed by atoms with van der Waals surface area (Å²) < 4.78 is 15.4. The molecule has 57 heavy (non-hydrogen) atoms. The van der Waals surface area contributed by atoms with Crippen molar-refractivity contribution >= 4 is 0 Å². The highest BCUT2D eigenvalue weighted by Crippen LogP contribution is 2.32. The molecule has 3 heterocycles. The maximum atomic E-state index is 9.54. The highest BCUT2D eigenvalue weighted by Gasteiger charge is 2.30. The van der Waals surface area contributed by atoms with Crippen molar-refractivity contribution in [3.63, 3.8) is 0 Å². The van der Waals surface area contributed by atoms with E-state index in [0.29, 0.717) is 72.4 Å². The zero-order valence-electron chi connectivity index (χ0n) is 39.4. The molecule has 3 aliphatic carbocycles. The SMILES string of the molecule is CC(C)C1CCCC1O.CC(C)C1CCCCC1O.CC(C)C1CCOCC1O.CC(C)C1COCC1O.CC(C)C1COCCC1O.CC(C)CC1CCCC1. The molecule has 0 aromatic rings. The Morgan fingerprint density at radius 3 is 1.05 bits per heavy atom. The monoisotopic (exact) mass is 815 g/mol. The zero-order valence-corrected chi connectivity index (χ0v) is 39.4. The molecule has 6 rings (SSSR count). The Labute approximate surface area is 353 Å². The minimum absolute atomic E-state index is 0.00463. The summed E-state index contributed by atoms with van der Waals surface area (Å²) in [6.45, 7) is 30.3. The number of aliphatic hydroxyl groups is 5. The van der Waals surface area contributed by atoms with Gasteiger partial charge >= 0.3 is 0 Å². The summed E-state index contributed by atoms with van der Waals surface area (Å²) in [5.41, 5.74) is 0. The second-order valence-electron chi connectivity index (χ2n) is 20.6. The molecular formula is C49H98O8. The Hall–Kier alpha value is -0.320. The van der Waals surface area contributed by atoms with Crippen molar-refractivity contribution in [2.45, 2.75) is 203 Å². The second-order valence-corrected chi connectivity index (χ2v) is 20.6. The van der Waals surface area contributed by atoms with Crippen LogP contribution in [0, 0.1) is 71.0 Å². The van der Waals surface area contributed by atoms with Crippen LogP contribution in [0.3, 0.4) is 0 Å². The molecule has 6 aliphatic rings. The third kappa shape index (κ3) is 22.9. The number of rotatable bonds is 7. The fraction of sp³-hybridized carbons (Fsp3) is 1.00. The van der Waals surface area contributed by atoms with Gasteiger partial charge in [0.25, 0.3) is 0 Å². The van der Waals surface area contributed by atoms with E-state index < -0.39 is 0 Å². The molecule has 342 valence electrons. The van der Waals surface area contributed by atoms with Gasteiger partial charge in [-0.3, -0.25) is 0 Å². The normalized spacial score (nSPS) is 33.1. The molecule has 5 N–H and O–H groups in total. The molecule has 6 fully saturated rings. The van der Waals surface area contributed by atoms with Gasteiger partial charge in [-0.2, -0.15) is 0 Å². The van der Waals surface area contributed by atoms with E-state index in [-0.39, 0.29) is 30.5 Å². The summed E-state index contributed by atoms with van der Waals surface area (Å²) in [5.74, 6) is 7.35. The fourth-order valence-corrected chi connectivity index (χ4v) is 9.68. The van der Waals surface area contributed by atoms with Crippen LogP contribution in [-0.2, 0) is 14.2 Å². The summed E-state index contributed by atoms with van der Waals surface area (Å²) in [6.07, 6.45) is 17.0. The third-order valence-electron chi connectivity index (χ3n) is 13.7. The van der Waals surface area contributed by atoms with Crippen LogP contribution in [0.4, 0.5) is 0 Å². The maximum absolute atomic E-state index is 9.54. The summed E-state index contributed by atoms with van der Waals surface area (Å²) in [6, 6.07) is 0. The average Bonchev–Trinajstić information content (AvgIpc) is 3.93. The van der Waals surface area contributed by atoms with Gasteiger partial charge in [-0.1, -0.05) is 128 Å². The predicted octanol–water partition coefficient (Wildman–Crippen LogP) is 9.95. The van der Waals surface area contributed by atoms with Crippen molar-refractivity contribution in [1.29, 1.82) is 0 Å². The van der Waals surface area contributed by atoms with E-state index in [1.165, 1.54) is 64.2 Å². The maximum Gasteiger partial charge on any atom is 0.0826 e. The standard InChI is InChI=1S/C9H18O.C9H18.2C8H16O2.C8H16O.C7H14O2/c1-7(2)8-5-3-4-6-9(8)10;1-8(2)7-9-5-3-4-6-9;1-6(2)7-5-10-4-3-8(7)9;1-6(2)7-3-4-10-5-8(7)9;1-6(2)7-4-3-5-8(7)9;1-5(2)6-3-9-4-7(6)8/h7-10H,3-6H2,1-2H3;8-9H,3-7H2,1-2H3;2*6-9H,3-5H2,1-2H3;6-9H,3-5H2,1-2H3;5-8H,3-4H2,1-2H3. The van der Waals surface area contributed by atoms with Gasteiger partial charge in [0.2, 0.25) is 0 Å². The van der Waals surface area contributed by atoms with Crippen molar-refractivity contribution in [3.05, 3.63) is 0 Å². The Kier molecular flexibility index (Phi) is 29.4. The topological polar surface area (TPSA) is 129 Å². The number of ether oxygens (including phenoxy) is 3. The van der Waals surface area contributed by atoms with Gasteiger partial charge in [0, 0.05) is 25.0 Å². The Morgan fingerprint density at radius 2 is 0.702 bits per heavy atom. The van der Waals surface area contributed by atoms with Crippen LogP contribution in [0.1, 0.15) is 173 Å². The lowest BCUT2D eigenvalue weighted by Crippen LogP contribution is -2.35. The predicted molar refractivity (Wildman–Crippen MR) is 237 cm³/mol. The molecule has 0 spiro atoms. The van der Waals surface area contributed by atoms with Gasteiger partial charge < -0.3 is 39.7 Å². The lowest BCUT2D eigenvalue weighted by atomic mass is 9.79. The van der Waals surface area contributed by atoms with Gasteiger partial charge in [0.1, 0.15) is 0 Å². The molecule has 0 radical (unpaired) electrons. The van der Waals surface area contributed by atoms with Crippen molar-refractivity contribution in [1.82, 2.24) is 0 Å². The van der Waals surface area contributed by atoms with Crippen LogP contribution in [0.25, 0.3) is 0 Å². The molecule has 3 aliphatic heterocycles. The summed E-state index contributed by atoms with van der Waals surface area (Å²) in [5, 5.41) is 47.0. The molecular weight excluding hydrogens is 717 g/mol. The van der Waals surface area contributed by atoms with Crippen LogP contribution in [0.5, 0.6) is 0 Å². The molecule has 3 saturated heterocycles. The van der Waals surface area contributed by atoms with Gasteiger partial charge in [-0.05, 0) is 104 Å². The van der Waals surface area contributed by atoms with Crippen molar-refractivity contribution in [3.8, 4) is 0 Å². The second kappa shape index (κ2) is 30.7. The first-order chi connectivity index (χ1) is 26.9. The first-order valence-corrected chi connectivity index (χ1v) is 24.0. The van der Waals surface area contributed by atoms with Crippen molar-refractivity contribution in [2.24, 2.45) is 71.0 Å². The minimum atomic E-state index is -0.228. The average molecular weight is 815 g/mol. The Bertz CT molecular complexity index is 849. The van der Waals surface area contributed by atoms with Gasteiger partial charge in [-0.25, -0.2) is 0 Å². The first-order valence-electron chi connectivity index (χ1n) is 24.0. The van der Waals surface area contributed by atoms with Gasteiger partial charge in [0.15, 0.2) is 0 Å². The highest BCUT2D eigenvalue weighted by molar-refractivity contribution is 4.79. The van der Waals surface area contributed by atoms with Gasteiger partial charge in [0.05, 0.1) is 56.9 Å². The Morgan fingerprint density at radius 1 is 0.351 bits per heavy atom. The zero-order chi connectivity index (χ0) is 43.1. The molecule has 3 saturated carbocycles.